The van der Waals surface area contributed by atoms with Gasteiger partial charge in [-0.3, -0.25) is 9.59 Å². The summed E-state index contributed by atoms with van der Waals surface area (Å²) in [6.07, 6.45) is 0. The summed E-state index contributed by atoms with van der Waals surface area (Å²) in [5.74, 6) is -2.48. The Labute approximate surface area is 132 Å². The molecule has 0 radical (unpaired) electrons. The molecule has 2 aromatic rings. The van der Waals surface area contributed by atoms with E-state index in [1.165, 1.54) is 24.3 Å². The van der Waals surface area contributed by atoms with Gasteiger partial charge in [-0.25, -0.2) is 9.29 Å². The quantitative estimate of drug-likeness (QED) is 0.866. The zero-order valence-electron chi connectivity index (χ0n) is 12.6. The molecule has 1 aliphatic heterocycles. The zero-order valence-corrected chi connectivity index (χ0v) is 12.6. The SMILES string of the molecule is Cc1cccc(N2C(=O)C(O)=C(c3ccc(F)cc3)C2=O)c1C. The fraction of sp³-hybridized carbons (Fsp3) is 0.111. The Morgan fingerprint density at radius 1 is 0.957 bits per heavy atom. The number of carbonyl (C=O) groups excluding carboxylic acids is 2. The Bertz CT molecular complexity index is 853. The van der Waals surface area contributed by atoms with Crippen molar-refractivity contribution in [2.45, 2.75) is 13.8 Å². The molecule has 2 aromatic carbocycles. The molecular weight excluding hydrogens is 297 g/mol. The summed E-state index contributed by atoms with van der Waals surface area (Å²) in [4.78, 5) is 26.0. The second kappa shape index (κ2) is 5.35. The molecule has 4 nitrogen and oxygen atoms in total. The first kappa shape index (κ1) is 15.0. The number of halogens is 1. The van der Waals surface area contributed by atoms with Crippen LogP contribution in [0.15, 0.2) is 48.2 Å². The Balaban J connectivity index is 2.09. The highest BCUT2D eigenvalue weighted by atomic mass is 19.1. The molecule has 2 amide bonds. The molecule has 0 aliphatic carbocycles. The van der Waals surface area contributed by atoms with Crippen LogP contribution in [0.2, 0.25) is 0 Å². The molecule has 1 aliphatic rings. The minimum atomic E-state index is -0.775. The minimum Gasteiger partial charge on any atom is -0.502 e. The van der Waals surface area contributed by atoms with E-state index in [4.69, 9.17) is 0 Å². The van der Waals surface area contributed by atoms with E-state index in [9.17, 15) is 19.1 Å². The van der Waals surface area contributed by atoms with E-state index in [0.717, 1.165) is 16.0 Å². The molecule has 5 heteroatoms. The molecule has 0 saturated carbocycles. The standard InChI is InChI=1S/C18H14FNO3/c1-10-4-3-5-14(11(10)2)20-17(22)15(16(21)18(20)23)12-6-8-13(19)9-7-12/h3-9,21H,1-2H3. The molecule has 3 rings (SSSR count). The van der Waals surface area contributed by atoms with Gasteiger partial charge in [0.05, 0.1) is 11.3 Å². The van der Waals surface area contributed by atoms with Gasteiger partial charge in [0, 0.05) is 0 Å². The van der Waals surface area contributed by atoms with Crippen molar-refractivity contribution in [3.05, 3.63) is 70.7 Å². The lowest BCUT2D eigenvalue weighted by Gasteiger charge is -2.18. The van der Waals surface area contributed by atoms with E-state index in [2.05, 4.69) is 0 Å². The van der Waals surface area contributed by atoms with Crippen molar-refractivity contribution in [1.82, 2.24) is 0 Å². The first-order valence-electron chi connectivity index (χ1n) is 7.06. The lowest BCUT2D eigenvalue weighted by molar-refractivity contribution is -0.121. The summed E-state index contributed by atoms with van der Waals surface area (Å²) in [5.41, 5.74) is 2.33. The van der Waals surface area contributed by atoms with Crippen molar-refractivity contribution in [2.75, 3.05) is 4.90 Å². The van der Waals surface area contributed by atoms with Crippen LogP contribution in [0, 0.1) is 19.7 Å². The first-order chi connectivity index (χ1) is 10.9. The number of anilines is 1. The summed E-state index contributed by atoms with van der Waals surface area (Å²) < 4.78 is 13.0. The van der Waals surface area contributed by atoms with Crippen LogP contribution in [-0.2, 0) is 9.59 Å². The smallest absolute Gasteiger partial charge is 0.301 e. The molecule has 1 heterocycles. The van der Waals surface area contributed by atoms with E-state index >= 15 is 0 Å². The number of aliphatic hydroxyl groups is 1. The van der Waals surface area contributed by atoms with Crippen molar-refractivity contribution in [1.29, 1.82) is 0 Å². The van der Waals surface area contributed by atoms with Gasteiger partial charge in [-0.15, -0.1) is 0 Å². The third kappa shape index (κ3) is 2.30. The van der Waals surface area contributed by atoms with E-state index in [0.29, 0.717) is 11.3 Å². The molecule has 0 atom stereocenters. The molecule has 116 valence electrons. The topological polar surface area (TPSA) is 57.6 Å². The van der Waals surface area contributed by atoms with E-state index in [1.54, 1.807) is 19.1 Å². The molecule has 23 heavy (non-hydrogen) atoms. The third-order valence-electron chi connectivity index (χ3n) is 4.01. The molecule has 0 fully saturated rings. The van der Waals surface area contributed by atoms with Gasteiger partial charge in [0.15, 0.2) is 5.76 Å². The summed E-state index contributed by atoms with van der Waals surface area (Å²) >= 11 is 0. The van der Waals surface area contributed by atoms with Crippen LogP contribution < -0.4 is 4.90 Å². The molecular formula is C18H14FNO3. The molecule has 1 N–H and O–H groups in total. The number of hydrogen-bond donors (Lipinski definition) is 1. The van der Waals surface area contributed by atoms with Crippen LogP contribution in [0.5, 0.6) is 0 Å². The fourth-order valence-corrected chi connectivity index (χ4v) is 2.59. The van der Waals surface area contributed by atoms with E-state index in [1.807, 2.05) is 13.0 Å². The number of rotatable bonds is 2. The predicted octanol–water partition coefficient (Wildman–Crippen LogP) is 3.29. The second-order valence-electron chi connectivity index (χ2n) is 5.40. The monoisotopic (exact) mass is 311 g/mol. The van der Waals surface area contributed by atoms with Crippen molar-refractivity contribution >= 4 is 23.1 Å². The van der Waals surface area contributed by atoms with E-state index in [-0.39, 0.29) is 5.57 Å². The van der Waals surface area contributed by atoms with Gasteiger partial charge in [-0.2, -0.15) is 0 Å². The number of hydrogen-bond acceptors (Lipinski definition) is 3. The van der Waals surface area contributed by atoms with Crippen molar-refractivity contribution in [3.63, 3.8) is 0 Å². The summed E-state index contributed by atoms with van der Waals surface area (Å²) in [7, 11) is 0. The third-order valence-corrected chi connectivity index (χ3v) is 4.01. The molecule has 0 unspecified atom stereocenters. The van der Waals surface area contributed by atoms with Gasteiger partial charge in [0.2, 0.25) is 0 Å². The van der Waals surface area contributed by atoms with Gasteiger partial charge in [-0.05, 0) is 48.7 Å². The number of nitrogens with zero attached hydrogens (tertiary/aromatic N) is 1. The minimum absolute atomic E-state index is 0.115. The normalized spacial score (nSPS) is 14.8. The van der Waals surface area contributed by atoms with Crippen LogP contribution in [-0.4, -0.2) is 16.9 Å². The van der Waals surface area contributed by atoms with Crippen molar-refractivity contribution in [2.24, 2.45) is 0 Å². The Kier molecular flexibility index (Phi) is 3.48. The maximum atomic E-state index is 13.0. The van der Waals surface area contributed by atoms with Gasteiger partial charge >= 0.3 is 5.91 Å². The number of aliphatic hydroxyl groups excluding tert-OH is 1. The molecule has 0 aromatic heterocycles. The van der Waals surface area contributed by atoms with Gasteiger partial charge in [0.25, 0.3) is 5.91 Å². The average Bonchev–Trinajstić information content (AvgIpc) is 2.74. The molecule has 0 bridgehead atoms. The largest absolute Gasteiger partial charge is 0.502 e. The lowest BCUT2D eigenvalue weighted by Crippen LogP contribution is -2.32. The molecule has 0 spiro atoms. The fourth-order valence-electron chi connectivity index (χ4n) is 2.59. The highest BCUT2D eigenvalue weighted by molar-refractivity contribution is 6.45. The van der Waals surface area contributed by atoms with Crippen molar-refractivity contribution in [3.8, 4) is 0 Å². The Morgan fingerprint density at radius 3 is 2.26 bits per heavy atom. The second-order valence-corrected chi connectivity index (χ2v) is 5.40. The number of benzene rings is 2. The average molecular weight is 311 g/mol. The first-order valence-corrected chi connectivity index (χ1v) is 7.06. The Hall–Kier alpha value is -2.95. The zero-order chi connectivity index (χ0) is 16.7. The molecule has 0 saturated heterocycles. The summed E-state index contributed by atoms with van der Waals surface area (Å²) in [6.45, 7) is 3.68. The lowest BCUT2D eigenvalue weighted by atomic mass is 10.0. The van der Waals surface area contributed by atoms with Gasteiger partial charge in [0.1, 0.15) is 5.82 Å². The number of aryl methyl sites for hydroxylation is 1. The number of imide groups is 1. The highest BCUT2D eigenvalue weighted by Gasteiger charge is 2.40. The van der Waals surface area contributed by atoms with Crippen LogP contribution in [0.25, 0.3) is 5.57 Å². The number of amides is 2. The van der Waals surface area contributed by atoms with Crippen LogP contribution in [0.3, 0.4) is 0 Å². The Morgan fingerprint density at radius 2 is 1.61 bits per heavy atom. The number of carbonyl (C=O) groups is 2. The maximum absolute atomic E-state index is 13.0. The summed E-state index contributed by atoms with van der Waals surface area (Å²) in [5, 5.41) is 10.1. The maximum Gasteiger partial charge on any atom is 0.301 e. The predicted molar refractivity (Wildman–Crippen MR) is 84.4 cm³/mol. The summed E-state index contributed by atoms with van der Waals surface area (Å²) in [6, 6.07) is 10.3. The van der Waals surface area contributed by atoms with Crippen LogP contribution in [0.1, 0.15) is 16.7 Å². The van der Waals surface area contributed by atoms with Crippen LogP contribution in [0.4, 0.5) is 10.1 Å². The van der Waals surface area contributed by atoms with E-state index < -0.39 is 23.4 Å². The van der Waals surface area contributed by atoms with Crippen molar-refractivity contribution < 1.29 is 19.1 Å². The van der Waals surface area contributed by atoms with Gasteiger partial charge in [-0.1, -0.05) is 24.3 Å². The van der Waals surface area contributed by atoms with Gasteiger partial charge < -0.3 is 5.11 Å². The van der Waals surface area contributed by atoms with Crippen LogP contribution >= 0.6 is 0 Å². The highest BCUT2D eigenvalue weighted by Crippen LogP contribution is 2.34.